The number of allylic oxidation sites excluding steroid dienone is 7. The molecule has 0 fully saturated rings. The van der Waals surface area contributed by atoms with Crippen molar-refractivity contribution in [2.45, 2.75) is 13.8 Å². The fraction of sp³-hybridized carbons (Fsp3) is 0.0526. The van der Waals surface area contributed by atoms with Gasteiger partial charge in [-0.15, -0.1) is 0 Å². The first-order valence-corrected chi connectivity index (χ1v) is 13.0. The van der Waals surface area contributed by atoms with Gasteiger partial charge in [0.15, 0.2) is 0 Å². The third-order valence-corrected chi connectivity index (χ3v) is 7.21. The van der Waals surface area contributed by atoms with Gasteiger partial charge in [0.05, 0.1) is 0 Å². The van der Waals surface area contributed by atoms with Crippen LogP contribution in [0.2, 0.25) is 0 Å². The lowest BCUT2D eigenvalue weighted by Gasteiger charge is -2.16. The van der Waals surface area contributed by atoms with E-state index in [0.717, 1.165) is 11.1 Å². The molecular weight excluding hydrogens is 456 g/mol. The minimum absolute atomic E-state index is 1.10. The van der Waals surface area contributed by atoms with Gasteiger partial charge in [-0.05, 0) is 98.1 Å². The Labute approximate surface area is 226 Å². The number of hydrogen-bond donors (Lipinski definition) is 0. The summed E-state index contributed by atoms with van der Waals surface area (Å²) < 4.78 is 0. The SMILES string of the molecule is C=C\C=C/C=C(C)/C(C=C)=C/c1c(-c2ccc(-c3ccc4ccccc4c3)cc2)cc2ccccc2c1C. The molecule has 0 bridgehead atoms. The number of aryl methyl sites for hydroxylation is 1. The van der Waals surface area contributed by atoms with E-state index >= 15 is 0 Å². The molecule has 5 aromatic rings. The minimum Gasteiger partial charge on any atom is -0.0991 e. The van der Waals surface area contributed by atoms with Crippen LogP contribution in [0.5, 0.6) is 0 Å². The maximum Gasteiger partial charge on any atom is -0.0102 e. The Bertz CT molecular complexity index is 1740. The van der Waals surface area contributed by atoms with Crippen LogP contribution < -0.4 is 0 Å². The molecule has 0 amide bonds. The van der Waals surface area contributed by atoms with Gasteiger partial charge in [0.2, 0.25) is 0 Å². The summed E-state index contributed by atoms with van der Waals surface area (Å²) in [4.78, 5) is 0. The van der Waals surface area contributed by atoms with Crippen molar-refractivity contribution in [1.29, 1.82) is 0 Å². The molecule has 0 aliphatic rings. The minimum atomic E-state index is 1.10. The van der Waals surface area contributed by atoms with Crippen molar-refractivity contribution in [3.63, 3.8) is 0 Å². The van der Waals surface area contributed by atoms with Gasteiger partial charge in [-0.3, -0.25) is 0 Å². The van der Waals surface area contributed by atoms with E-state index in [4.69, 9.17) is 0 Å². The average molecular weight is 489 g/mol. The fourth-order valence-corrected chi connectivity index (χ4v) is 5.04. The summed E-state index contributed by atoms with van der Waals surface area (Å²) in [5.74, 6) is 0. The Kier molecular flexibility index (Phi) is 7.33. The highest BCUT2D eigenvalue weighted by atomic mass is 14.2. The van der Waals surface area contributed by atoms with Crippen LogP contribution in [0.15, 0.2) is 152 Å². The van der Waals surface area contributed by atoms with Crippen molar-refractivity contribution in [2.24, 2.45) is 0 Å². The lowest BCUT2D eigenvalue weighted by molar-refractivity contribution is 1.43. The maximum absolute atomic E-state index is 4.11. The van der Waals surface area contributed by atoms with Gasteiger partial charge in [0, 0.05) is 0 Å². The largest absolute Gasteiger partial charge is 0.0991 e. The lowest BCUT2D eigenvalue weighted by atomic mass is 9.88. The van der Waals surface area contributed by atoms with Crippen LogP contribution in [-0.2, 0) is 0 Å². The van der Waals surface area contributed by atoms with Crippen molar-refractivity contribution in [1.82, 2.24) is 0 Å². The molecule has 5 aromatic carbocycles. The van der Waals surface area contributed by atoms with E-state index in [1.807, 2.05) is 18.2 Å². The third kappa shape index (κ3) is 5.08. The quantitative estimate of drug-likeness (QED) is 0.200. The van der Waals surface area contributed by atoms with Gasteiger partial charge < -0.3 is 0 Å². The second-order valence-electron chi connectivity index (χ2n) is 9.60. The third-order valence-electron chi connectivity index (χ3n) is 7.21. The van der Waals surface area contributed by atoms with Crippen molar-refractivity contribution in [3.05, 3.63) is 163 Å². The molecule has 0 aliphatic heterocycles. The van der Waals surface area contributed by atoms with E-state index < -0.39 is 0 Å². The first kappa shape index (κ1) is 25.0. The van der Waals surface area contributed by atoms with Crippen LogP contribution in [0.3, 0.4) is 0 Å². The molecule has 0 aromatic heterocycles. The Hall–Kier alpha value is -4.68. The van der Waals surface area contributed by atoms with E-state index in [1.165, 1.54) is 54.9 Å². The zero-order valence-electron chi connectivity index (χ0n) is 22.1. The van der Waals surface area contributed by atoms with E-state index in [2.05, 4.69) is 136 Å². The molecule has 0 spiro atoms. The smallest absolute Gasteiger partial charge is 0.0102 e. The van der Waals surface area contributed by atoms with Crippen LogP contribution in [0.4, 0.5) is 0 Å². The highest BCUT2D eigenvalue weighted by Crippen LogP contribution is 2.36. The fourth-order valence-electron chi connectivity index (χ4n) is 5.04. The summed E-state index contributed by atoms with van der Waals surface area (Å²) in [6.45, 7) is 12.2. The standard InChI is InChI=1S/C38H32/c1-5-7-8-13-27(3)29(6-2)25-37-28(4)36-17-12-11-16-35(36)26-38(37)32-21-18-31(19-22-32)34-23-20-30-14-9-10-15-33(30)24-34/h5-26H,1-2H2,3-4H3/b8-7-,27-13+,29-25+. The molecule has 38 heavy (non-hydrogen) atoms. The van der Waals surface area contributed by atoms with Gasteiger partial charge in [-0.25, -0.2) is 0 Å². The van der Waals surface area contributed by atoms with Crippen molar-refractivity contribution in [2.75, 3.05) is 0 Å². The molecule has 0 heterocycles. The van der Waals surface area contributed by atoms with E-state index in [1.54, 1.807) is 6.08 Å². The molecule has 0 saturated carbocycles. The Morgan fingerprint density at radius 3 is 2.05 bits per heavy atom. The van der Waals surface area contributed by atoms with Crippen molar-refractivity contribution >= 4 is 27.6 Å². The number of fused-ring (bicyclic) bond motifs is 2. The zero-order chi connectivity index (χ0) is 26.5. The first-order valence-electron chi connectivity index (χ1n) is 13.0. The topological polar surface area (TPSA) is 0 Å². The maximum atomic E-state index is 4.11. The van der Waals surface area contributed by atoms with Crippen LogP contribution in [-0.4, -0.2) is 0 Å². The zero-order valence-corrected chi connectivity index (χ0v) is 22.1. The van der Waals surface area contributed by atoms with Crippen LogP contribution in [0, 0.1) is 6.92 Å². The molecule has 0 unspecified atom stereocenters. The lowest BCUT2D eigenvalue weighted by Crippen LogP contribution is -1.93. The summed E-state index contributed by atoms with van der Waals surface area (Å²) in [5, 5.41) is 5.04. The van der Waals surface area contributed by atoms with Gasteiger partial charge in [-0.1, -0.05) is 128 Å². The molecule has 0 nitrogen and oxygen atoms in total. The molecule has 184 valence electrons. The van der Waals surface area contributed by atoms with Gasteiger partial charge in [0.1, 0.15) is 0 Å². The number of rotatable bonds is 7. The van der Waals surface area contributed by atoms with E-state index in [9.17, 15) is 0 Å². The second kappa shape index (κ2) is 11.2. The first-order chi connectivity index (χ1) is 18.6. The normalized spacial score (nSPS) is 12.4. The molecule has 0 atom stereocenters. The summed E-state index contributed by atoms with van der Waals surface area (Å²) in [6.07, 6.45) is 12.1. The molecule has 5 rings (SSSR count). The molecule has 0 heteroatoms. The predicted octanol–water partition coefficient (Wildman–Crippen LogP) is 10.9. The highest BCUT2D eigenvalue weighted by Gasteiger charge is 2.12. The van der Waals surface area contributed by atoms with Crippen molar-refractivity contribution < 1.29 is 0 Å². The number of hydrogen-bond acceptors (Lipinski definition) is 0. The molecule has 0 radical (unpaired) electrons. The molecule has 0 saturated heterocycles. The van der Waals surface area contributed by atoms with Gasteiger partial charge in [-0.2, -0.15) is 0 Å². The summed E-state index contributed by atoms with van der Waals surface area (Å²) >= 11 is 0. The Morgan fingerprint density at radius 2 is 1.32 bits per heavy atom. The van der Waals surface area contributed by atoms with E-state index in [0.29, 0.717) is 0 Å². The van der Waals surface area contributed by atoms with E-state index in [-0.39, 0.29) is 0 Å². The summed E-state index contributed by atoms with van der Waals surface area (Å²) in [7, 11) is 0. The highest BCUT2D eigenvalue weighted by molar-refractivity contribution is 5.96. The number of benzene rings is 5. The van der Waals surface area contributed by atoms with Crippen LogP contribution >= 0.6 is 0 Å². The summed E-state index contributed by atoms with van der Waals surface area (Å²) in [5.41, 5.74) is 9.62. The Morgan fingerprint density at radius 1 is 0.658 bits per heavy atom. The molecular formula is C38H32. The molecule has 0 aliphatic carbocycles. The van der Waals surface area contributed by atoms with Crippen molar-refractivity contribution in [3.8, 4) is 22.3 Å². The van der Waals surface area contributed by atoms with Crippen LogP contribution in [0.25, 0.3) is 49.9 Å². The second-order valence-corrected chi connectivity index (χ2v) is 9.60. The van der Waals surface area contributed by atoms with Gasteiger partial charge in [0.25, 0.3) is 0 Å². The van der Waals surface area contributed by atoms with Gasteiger partial charge >= 0.3 is 0 Å². The van der Waals surface area contributed by atoms with Crippen LogP contribution in [0.1, 0.15) is 18.1 Å². The monoisotopic (exact) mass is 488 g/mol. The molecule has 0 N–H and O–H groups in total. The average Bonchev–Trinajstić information content (AvgIpc) is 2.96. The summed E-state index contributed by atoms with van der Waals surface area (Å²) in [6, 6.07) is 35.1. The Balaban J connectivity index is 1.63. The predicted molar refractivity (Wildman–Crippen MR) is 168 cm³/mol.